The number of aryl methyl sites for hydroxylation is 1. The van der Waals surface area contributed by atoms with Crippen LogP contribution < -0.4 is 4.74 Å². The molecular weight excluding hydrogens is 288 g/mol. The van der Waals surface area contributed by atoms with Crippen molar-refractivity contribution in [1.29, 1.82) is 0 Å². The molecule has 0 radical (unpaired) electrons. The number of benzene rings is 3. The summed E-state index contributed by atoms with van der Waals surface area (Å²) in [5.41, 5.74) is 1.21. The predicted octanol–water partition coefficient (Wildman–Crippen LogP) is 5.10. The Kier molecular flexibility index (Phi) is 4.50. The normalized spacial score (nSPS) is 10.7. The third kappa shape index (κ3) is 3.02. The quantitative estimate of drug-likeness (QED) is 0.609. The highest BCUT2D eigenvalue weighted by Gasteiger charge is 2.31. The van der Waals surface area contributed by atoms with Gasteiger partial charge in [-0.3, -0.25) is 0 Å². The fourth-order valence-corrected chi connectivity index (χ4v) is 4.63. The molecule has 0 aliphatic rings. The standard InChI is InChI=1S/C20H19OS/c1-16-13-14-20(19(15-16)21-2)22(17-9-5-3-6-10-17)18-11-7-4-8-12-18/h3-15H,1-2H3/q+1. The lowest BCUT2D eigenvalue weighted by molar-refractivity contribution is 0.404. The van der Waals surface area contributed by atoms with Crippen LogP contribution in [0.3, 0.4) is 0 Å². The summed E-state index contributed by atoms with van der Waals surface area (Å²) in [6.45, 7) is 2.09. The molecule has 3 aromatic carbocycles. The minimum Gasteiger partial charge on any atom is -0.491 e. The molecule has 0 saturated carbocycles. The van der Waals surface area contributed by atoms with E-state index in [0.717, 1.165) is 5.75 Å². The maximum Gasteiger partial charge on any atom is 0.208 e. The van der Waals surface area contributed by atoms with Crippen molar-refractivity contribution >= 4 is 10.9 Å². The van der Waals surface area contributed by atoms with E-state index in [1.807, 2.05) is 0 Å². The second kappa shape index (κ2) is 6.71. The lowest BCUT2D eigenvalue weighted by Crippen LogP contribution is -2.06. The Hall–Kier alpha value is -2.19. The number of hydrogen-bond donors (Lipinski definition) is 0. The summed E-state index contributed by atoms with van der Waals surface area (Å²) in [4.78, 5) is 3.83. The first-order chi connectivity index (χ1) is 10.8. The average molecular weight is 307 g/mol. The van der Waals surface area contributed by atoms with Gasteiger partial charge in [0.05, 0.1) is 7.11 Å². The molecule has 0 aliphatic heterocycles. The van der Waals surface area contributed by atoms with Crippen LogP contribution in [0, 0.1) is 6.92 Å². The SMILES string of the molecule is COc1cc(C)ccc1[S+](c1ccccc1)c1ccccc1. The Morgan fingerprint density at radius 3 is 1.77 bits per heavy atom. The van der Waals surface area contributed by atoms with Crippen molar-refractivity contribution in [2.24, 2.45) is 0 Å². The first-order valence-corrected chi connectivity index (χ1v) is 8.51. The minimum absolute atomic E-state index is 0.159. The van der Waals surface area contributed by atoms with Crippen molar-refractivity contribution in [3.8, 4) is 5.75 Å². The highest BCUT2D eigenvalue weighted by Crippen LogP contribution is 2.36. The molecule has 0 heterocycles. The Morgan fingerprint density at radius 2 is 1.27 bits per heavy atom. The monoisotopic (exact) mass is 307 g/mol. The van der Waals surface area contributed by atoms with E-state index in [0.29, 0.717) is 0 Å². The summed E-state index contributed by atoms with van der Waals surface area (Å²) >= 11 is 0. The minimum atomic E-state index is -0.159. The fraction of sp³-hybridized carbons (Fsp3) is 0.100. The lowest BCUT2D eigenvalue weighted by atomic mass is 10.2. The molecule has 0 bridgehead atoms. The summed E-state index contributed by atoms with van der Waals surface area (Å²) in [6.07, 6.45) is 0. The fourth-order valence-electron chi connectivity index (χ4n) is 2.45. The molecule has 0 N–H and O–H groups in total. The molecule has 110 valence electrons. The van der Waals surface area contributed by atoms with Crippen molar-refractivity contribution in [1.82, 2.24) is 0 Å². The third-order valence-electron chi connectivity index (χ3n) is 3.50. The van der Waals surface area contributed by atoms with E-state index in [-0.39, 0.29) is 10.9 Å². The Bertz CT molecular complexity index is 699. The Morgan fingerprint density at radius 1 is 0.727 bits per heavy atom. The van der Waals surface area contributed by atoms with Crippen molar-refractivity contribution in [2.45, 2.75) is 21.6 Å². The summed E-state index contributed by atoms with van der Waals surface area (Å²) in [7, 11) is 1.59. The highest BCUT2D eigenvalue weighted by molar-refractivity contribution is 7.97. The summed E-state index contributed by atoms with van der Waals surface area (Å²) < 4.78 is 5.66. The Balaban J connectivity index is 2.19. The van der Waals surface area contributed by atoms with Gasteiger partial charge in [-0.15, -0.1) is 0 Å². The summed E-state index contributed by atoms with van der Waals surface area (Å²) in [5.74, 6) is 0.955. The predicted molar refractivity (Wildman–Crippen MR) is 92.8 cm³/mol. The van der Waals surface area contributed by atoms with E-state index in [9.17, 15) is 0 Å². The van der Waals surface area contributed by atoms with Crippen molar-refractivity contribution in [3.63, 3.8) is 0 Å². The van der Waals surface area contributed by atoms with E-state index in [1.54, 1.807) is 7.11 Å². The lowest BCUT2D eigenvalue weighted by Gasteiger charge is -2.11. The molecule has 2 heteroatoms. The highest BCUT2D eigenvalue weighted by atomic mass is 32.2. The molecule has 22 heavy (non-hydrogen) atoms. The van der Waals surface area contributed by atoms with E-state index in [2.05, 4.69) is 85.8 Å². The largest absolute Gasteiger partial charge is 0.491 e. The van der Waals surface area contributed by atoms with Gasteiger partial charge in [0.1, 0.15) is 10.9 Å². The van der Waals surface area contributed by atoms with Crippen LogP contribution in [0.1, 0.15) is 5.56 Å². The molecular formula is C20H19OS+. The zero-order valence-corrected chi connectivity index (χ0v) is 13.6. The van der Waals surface area contributed by atoms with Crippen LogP contribution in [0.15, 0.2) is 93.5 Å². The third-order valence-corrected chi connectivity index (χ3v) is 5.76. The van der Waals surface area contributed by atoms with Gasteiger partial charge in [0, 0.05) is 0 Å². The van der Waals surface area contributed by atoms with Gasteiger partial charge in [-0.1, -0.05) is 42.5 Å². The zero-order valence-electron chi connectivity index (χ0n) is 12.8. The van der Waals surface area contributed by atoms with Crippen molar-refractivity contribution in [2.75, 3.05) is 7.11 Å². The van der Waals surface area contributed by atoms with Crippen LogP contribution in [0.5, 0.6) is 5.75 Å². The van der Waals surface area contributed by atoms with Crippen molar-refractivity contribution in [3.05, 3.63) is 84.4 Å². The van der Waals surface area contributed by atoms with Crippen LogP contribution in [-0.4, -0.2) is 7.11 Å². The topological polar surface area (TPSA) is 9.23 Å². The van der Waals surface area contributed by atoms with Crippen LogP contribution >= 0.6 is 0 Å². The van der Waals surface area contributed by atoms with E-state index < -0.39 is 0 Å². The molecule has 0 spiro atoms. The second-order valence-corrected chi connectivity index (χ2v) is 7.08. The number of methoxy groups -OCH3 is 1. The van der Waals surface area contributed by atoms with Gasteiger partial charge < -0.3 is 4.74 Å². The zero-order chi connectivity index (χ0) is 15.4. The molecule has 3 aromatic rings. The van der Waals surface area contributed by atoms with Gasteiger partial charge in [-0.25, -0.2) is 0 Å². The van der Waals surface area contributed by atoms with Gasteiger partial charge in [-0.05, 0) is 48.9 Å². The van der Waals surface area contributed by atoms with E-state index in [1.165, 1.54) is 20.2 Å². The van der Waals surface area contributed by atoms with Crippen LogP contribution in [0.2, 0.25) is 0 Å². The number of ether oxygens (including phenoxy) is 1. The molecule has 0 amide bonds. The molecule has 0 saturated heterocycles. The molecule has 0 aromatic heterocycles. The maximum atomic E-state index is 5.66. The number of rotatable bonds is 4. The van der Waals surface area contributed by atoms with Crippen LogP contribution in [-0.2, 0) is 10.9 Å². The summed E-state index contributed by atoms with van der Waals surface area (Å²) in [5, 5.41) is 0. The van der Waals surface area contributed by atoms with Gasteiger partial charge >= 0.3 is 0 Å². The molecule has 3 rings (SSSR count). The number of hydrogen-bond acceptors (Lipinski definition) is 1. The molecule has 1 nitrogen and oxygen atoms in total. The first-order valence-electron chi connectivity index (χ1n) is 7.28. The summed E-state index contributed by atoms with van der Waals surface area (Å²) in [6, 6.07) is 27.7. The smallest absolute Gasteiger partial charge is 0.208 e. The van der Waals surface area contributed by atoms with E-state index >= 15 is 0 Å². The van der Waals surface area contributed by atoms with Gasteiger partial charge in [0.25, 0.3) is 0 Å². The van der Waals surface area contributed by atoms with Gasteiger partial charge in [-0.2, -0.15) is 0 Å². The molecule has 0 fully saturated rings. The van der Waals surface area contributed by atoms with E-state index in [4.69, 9.17) is 4.74 Å². The Labute approximate surface area is 134 Å². The molecule has 0 atom stereocenters. The molecule has 0 unspecified atom stereocenters. The second-order valence-electron chi connectivity index (χ2n) is 5.09. The molecule has 0 aliphatic carbocycles. The van der Waals surface area contributed by atoms with Gasteiger partial charge in [0.15, 0.2) is 15.5 Å². The van der Waals surface area contributed by atoms with Gasteiger partial charge in [0.2, 0.25) is 4.90 Å². The average Bonchev–Trinajstić information content (AvgIpc) is 2.58. The van der Waals surface area contributed by atoms with Crippen LogP contribution in [0.4, 0.5) is 0 Å². The van der Waals surface area contributed by atoms with Crippen LogP contribution in [0.25, 0.3) is 0 Å². The maximum absolute atomic E-state index is 5.66. The van der Waals surface area contributed by atoms with Crippen molar-refractivity contribution < 1.29 is 4.74 Å². The first kappa shape index (κ1) is 14.7.